The molecule has 0 aromatic carbocycles. The number of rotatable bonds is 3. The summed E-state index contributed by atoms with van der Waals surface area (Å²) >= 11 is 0. The molecule has 0 bridgehead atoms. The van der Waals surface area contributed by atoms with E-state index in [1.807, 2.05) is 0 Å². The van der Waals surface area contributed by atoms with Crippen LogP contribution in [0.2, 0.25) is 0 Å². The van der Waals surface area contributed by atoms with E-state index in [1.54, 1.807) is 0 Å². The van der Waals surface area contributed by atoms with Gasteiger partial charge in [0.1, 0.15) is 12.3 Å². The number of nitrogens with zero attached hydrogens (tertiary/aromatic N) is 1. The second-order valence-corrected chi connectivity index (χ2v) is 5.53. The van der Waals surface area contributed by atoms with Crippen molar-refractivity contribution in [3.8, 4) is 0 Å². The van der Waals surface area contributed by atoms with Gasteiger partial charge >= 0.3 is 18.0 Å². The molecule has 4 N–H and O–H groups in total. The van der Waals surface area contributed by atoms with Crippen LogP contribution in [0.25, 0.3) is 0 Å². The smallest absolute Gasteiger partial charge is 0.394 e. The minimum absolute atomic E-state index is 0.126. The molecule has 1 saturated heterocycles. The van der Waals surface area contributed by atoms with Crippen LogP contribution in [0.15, 0.2) is 15.8 Å². The molecule has 0 unspecified atom stereocenters. The molecule has 3 atom stereocenters. The Morgan fingerprint density at radius 2 is 1.73 bits per heavy atom. The third-order valence-corrected chi connectivity index (χ3v) is 3.87. The second-order valence-electron chi connectivity index (χ2n) is 5.53. The lowest BCUT2D eigenvalue weighted by molar-refractivity contribution is -0.376. The Morgan fingerprint density at radius 3 is 2.15 bits per heavy atom. The van der Waals surface area contributed by atoms with Crippen molar-refractivity contribution in [3.63, 3.8) is 0 Å². The molecule has 2 heterocycles. The fourth-order valence-corrected chi connectivity index (χ4v) is 2.47. The number of alkyl halides is 6. The van der Waals surface area contributed by atoms with Crippen molar-refractivity contribution in [2.24, 2.45) is 0 Å². The van der Waals surface area contributed by atoms with Gasteiger partial charge in [-0.3, -0.25) is 14.3 Å². The third kappa shape index (κ3) is 3.13. The lowest BCUT2D eigenvalue weighted by atomic mass is 9.94. The van der Waals surface area contributed by atoms with Crippen molar-refractivity contribution in [2.45, 2.75) is 42.8 Å². The number of H-pyrrole nitrogens is 1. The molecule has 0 saturated carbocycles. The summed E-state index contributed by atoms with van der Waals surface area (Å²) in [6.45, 7) is -0.738. The largest absolute Gasteiger partial charge is 0.430 e. The van der Waals surface area contributed by atoms with E-state index in [-0.39, 0.29) is 10.8 Å². The Morgan fingerprint density at radius 1 is 1.19 bits per heavy atom. The molecular formula is C12H12F6N2O6. The lowest BCUT2D eigenvalue weighted by Crippen LogP contribution is -2.57. The molecule has 8 nitrogen and oxygen atoms in total. The quantitative estimate of drug-likeness (QED) is 0.512. The second kappa shape index (κ2) is 6.37. The van der Waals surface area contributed by atoms with Crippen molar-refractivity contribution in [1.82, 2.24) is 9.55 Å². The molecule has 0 amide bonds. The molecule has 148 valence electrons. The van der Waals surface area contributed by atoms with E-state index < -0.39 is 66.2 Å². The Labute approximate surface area is 139 Å². The van der Waals surface area contributed by atoms with Gasteiger partial charge in [-0.1, -0.05) is 0 Å². The number of aliphatic hydroxyl groups excluding tert-OH is 2. The third-order valence-electron chi connectivity index (χ3n) is 3.87. The Hall–Kier alpha value is -1.90. The fourth-order valence-electron chi connectivity index (χ4n) is 2.47. The predicted octanol–water partition coefficient (Wildman–Crippen LogP) is -0.510. The zero-order valence-corrected chi connectivity index (χ0v) is 12.5. The van der Waals surface area contributed by atoms with E-state index in [9.17, 15) is 46.1 Å². The standard InChI is InChI=1S/C12H12F6N2O6/c13-11(14,15)10(25,12(16,17)18)4-2-20(9(24)19-8(4)23)7-1-5(22)6(3-21)26-7/h2,5-7,21-22,25H,1,3H2,(H,19,23,24)/t5-,6+,7+/m0/s1. The minimum atomic E-state index is -6.33. The molecule has 1 aromatic rings. The summed E-state index contributed by atoms with van der Waals surface area (Å²) in [6.07, 6.45) is -17.4. The number of hydrogen-bond donors (Lipinski definition) is 4. The number of nitrogens with one attached hydrogen (secondary N) is 1. The van der Waals surface area contributed by atoms with Crippen LogP contribution in [0, 0.1) is 0 Å². The van der Waals surface area contributed by atoms with Crippen LogP contribution in [0.3, 0.4) is 0 Å². The number of aromatic nitrogens is 2. The highest BCUT2D eigenvalue weighted by atomic mass is 19.4. The first-order chi connectivity index (χ1) is 11.7. The molecule has 14 heteroatoms. The van der Waals surface area contributed by atoms with Gasteiger partial charge in [0.2, 0.25) is 0 Å². The van der Waals surface area contributed by atoms with Crippen LogP contribution in [0.1, 0.15) is 18.2 Å². The predicted molar refractivity (Wildman–Crippen MR) is 68.9 cm³/mol. The lowest BCUT2D eigenvalue weighted by Gasteiger charge is -2.32. The van der Waals surface area contributed by atoms with Crippen molar-refractivity contribution in [3.05, 3.63) is 32.6 Å². The van der Waals surface area contributed by atoms with Gasteiger partial charge in [-0.05, 0) is 0 Å². The van der Waals surface area contributed by atoms with Crippen LogP contribution >= 0.6 is 0 Å². The van der Waals surface area contributed by atoms with Crippen LogP contribution in [0.5, 0.6) is 0 Å². The van der Waals surface area contributed by atoms with Crippen molar-refractivity contribution < 1.29 is 46.4 Å². The van der Waals surface area contributed by atoms with E-state index in [0.29, 0.717) is 0 Å². The summed E-state index contributed by atoms with van der Waals surface area (Å²) in [7, 11) is 0. The van der Waals surface area contributed by atoms with Gasteiger partial charge in [0, 0.05) is 12.6 Å². The van der Waals surface area contributed by atoms with Gasteiger partial charge in [0.05, 0.1) is 18.3 Å². The molecule has 26 heavy (non-hydrogen) atoms. The first-order valence-electron chi connectivity index (χ1n) is 6.90. The molecule has 0 radical (unpaired) electrons. The van der Waals surface area contributed by atoms with Gasteiger partial charge in [0.25, 0.3) is 11.2 Å². The Balaban J connectivity index is 2.65. The molecule has 0 aliphatic carbocycles. The zero-order chi connectivity index (χ0) is 20.1. The number of halogens is 6. The summed E-state index contributed by atoms with van der Waals surface area (Å²) < 4.78 is 82.8. The summed E-state index contributed by atoms with van der Waals surface area (Å²) in [5, 5.41) is 27.8. The molecule has 1 aromatic heterocycles. The molecule has 1 fully saturated rings. The molecule has 1 aliphatic rings. The molecule has 1 aliphatic heterocycles. The summed E-state index contributed by atoms with van der Waals surface area (Å²) in [4.78, 5) is 24.6. The summed E-state index contributed by atoms with van der Waals surface area (Å²) in [6, 6.07) is 0. The van der Waals surface area contributed by atoms with Crippen LogP contribution in [-0.2, 0) is 10.3 Å². The molecule has 0 spiro atoms. The fraction of sp³-hybridized carbons (Fsp3) is 0.667. The zero-order valence-electron chi connectivity index (χ0n) is 12.5. The van der Waals surface area contributed by atoms with Crippen molar-refractivity contribution >= 4 is 0 Å². The average Bonchev–Trinajstić information content (AvgIpc) is 2.85. The normalized spacial score (nSPS) is 24.9. The van der Waals surface area contributed by atoms with E-state index in [1.165, 1.54) is 4.98 Å². The first kappa shape index (κ1) is 20.4. The minimum Gasteiger partial charge on any atom is -0.394 e. The maximum absolute atomic E-state index is 12.9. The Kier molecular flexibility index (Phi) is 5.00. The maximum atomic E-state index is 12.9. The highest BCUT2D eigenvalue weighted by molar-refractivity contribution is 5.21. The highest BCUT2D eigenvalue weighted by Gasteiger charge is 2.72. The van der Waals surface area contributed by atoms with Crippen LogP contribution in [0.4, 0.5) is 26.3 Å². The number of ether oxygens (including phenoxy) is 1. The van der Waals surface area contributed by atoms with Crippen LogP contribution in [-0.4, -0.2) is 56.0 Å². The van der Waals surface area contributed by atoms with E-state index in [2.05, 4.69) is 0 Å². The highest BCUT2D eigenvalue weighted by Crippen LogP contribution is 2.49. The SMILES string of the molecule is O=c1[nH]c(=O)n([C@H]2C[C@H](O)[C@@H](CO)O2)cc1C(O)(C(F)(F)F)C(F)(F)F. The maximum Gasteiger partial charge on any atom is 0.430 e. The van der Waals surface area contributed by atoms with Crippen molar-refractivity contribution in [2.75, 3.05) is 6.61 Å². The number of aliphatic hydroxyl groups is 3. The topological polar surface area (TPSA) is 125 Å². The average molecular weight is 394 g/mol. The van der Waals surface area contributed by atoms with Crippen LogP contribution < -0.4 is 11.2 Å². The summed E-state index contributed by atoms with van der Waals surface area (Å²) in [5.74, 6) is 0. The van der Waals surface area contributed by atoms with E-state index in [4.69, 9.17) is 9.84 Å². The van der Waals surface area contributed by atoms with E-state index in [0.717, 1.165) is 0 Å². The number of aromatic amines is 1. The van der Waals surface area contributed by atoms with Gasteiger partial charge in [0.15, 0.2) is 0 Å². The van der Waals surface area contributed by atoms with Gasteiger partial charge in [-0.2, -0.15) is 26.3 Å². The number of hydrogen-bond acceptors (Lipinski definition) is 6. The van der Waals surface area contributed by atoms with Crippen molar-refractivity contribution in [1.29, 1.82) is 0 Å². The molecule has 2 rings (SSSR count). The first-order valence-corrected chi connectivity index (χ1v) is 6.90. The summed E-state index contributed by atoms with van der Waals surface area (Å²) in [5.41, 5.74) is -11.3. The van der Waals surface area contributed by atoms with E-state index >= 15 is 0 Å². The Bertz CT molecular complexity index is 770. The van der Waals surface area contributed by atoms with Gasteiger partial charge < -0.3 is 20.1 Å². The molecular weight excluding hydrogens is 382 g/mol. The van der Waals surface area contributed by atoms with Gasteiger partial charge in [-0.15, -0.1) is 0 Å². The van der Waals surface area contributed by atoms with Gasteiger partial charge in [-0.25, -0.2) is 4.79 Å². The monoisotopic (exact) mass is 394 g/mol.